The molecule has 1 amide bonds. The summed E-state index contributed by atoms with van der Waals surface area (Å²) in [5.74, 6) is -0.0463. The first-order chi connectivity index (χ1) is 9.22. The van der Waals surface area contributed by atoms with E-state index in [1.807, 2.05) is 61.5 Å². The van der Waals surface area contributed by atoms with Crippen LogP contribution < -0.4 is 5.32 Å². The number of anilines is 1. The highest BCUT2D eigenvalue weighted by Crippen LogP contribution is 2.23. The van der Waals surface area contributed by atoms with Crippen LogP contribution in [0.4, 0.5) is 5.69 Å². The van der Waals surface area contributed by atoms with Crippen LogP contribution in [0.25, 0.3) is 0 Å². The van der Waals surface area contributed by atoms with E-state index in [0.717, 1.165) is 21.2 Å². The summed E-state index contributed by atoms with van der Waals surface area (Å²) in [6, 6.07) is 17.7. The smallest absolute Gasteiger partial charge is 0.231 e. The average molecular weight is 365 g/mol. The molecule has 1 atom stereocenters. The molecular weight excluding hydrogens is 349 g/mol. The molecule has 0 radical (unpaired) electrons. The summed E-state index contributed by atoms with van der Waals surface area (Å²) < 4.78 is 1.05. The normalized spacial score (nSPS) is 11.9. The summed E-state index contributed by atoms with van der Waals surface area (Å²) in [4.78, 5) is 12.4. The van der Waals surface area contributed by atoms with Crippen molar-refractivity contribution in [3.05, 3.63) is 63.7 Å². The van der Waals surface area contributed by atoms with Gasteiger partial charge in [-0.15, -0.1) is 0 Å². The molecule has 2 rings (SSSR count). The number of carbonyl (C=O) groups is 1. The minimum atomic E-state index is -0.0998. The highest BCUT2D eigenvalue weighted by molar-refractivity contribution is 14.1. The molecule has 0 aliphatic rings. The third kappa shape index (κ3) is 3.56. The largest absolute Gasteiger partial charge is 0.325 e. The van der Waals surface area contributed by atoms with Crippen LogP contribution in [0.1, 0.15) is 24.8 Å². The Balaban J connectivity index is 2.17. The topological polar surface area (TPSA) is 29.1 Å². The molecule has 0 aromatic heterocycles. The third-order valence-corrected chi connectivity index (χ3v) is 4.00. The fourth-order valence-electron chi connectivity index (χ4n) is 2.04. The molecule has 0 heterocycles. The number of amides is 1. The lowest BCUT2D eigenvalue weighted by Crippen LogP contribution is -2.21. The van der Waals surface area contributed by atoms with Gasteiger partial charge in [0.1, 0.15) is 0 Å². The first-order valence-electron chi connectivity index (χ1n) is 6.32. The lowest BCUT2D eigenvalue weighted by Gasteiger charge is -2.16. The van der Waals surface area contributed by atoms with Gasteiger partial charge in [-0.2, -0.15) is 0 Å². The predicted molar refractivity (Wildman–Crippen MR) is 87.3 cm³/mol. The van der Waals surface area contributed by atoms with Crippen LogP contribution >= 0.6 is 22.6 Å². The number of para-hydroxylation sites is 1. The molecule has 19 heavy (non-hydrogen) atoms. The fraction of sp³-hybridized carbons (Fsp3) is 0.188. The van der Waals surface area contributed by atoms with Crippen LogP contribution in [-0.2, 0) is 4.79 Å². The molecule has 0 bridgehead atoms. The van der Waals surface area contributed by atoms with Crippen LogP contribution in [0, 0.1) is 3.57 Å². The third-order valence-electron chi connectivity index (χ3n) is 3.06. The van der Waals surface area contributed by atoms with E-state index in [9.17, 15) is 4.79 Å². The number of halogens is 1. The molecule has 0 spiro atoms. The summed E-state index contributed by atoms with van der Waals surface area (Å²) in [5, 5.41) is 3.01. The number of carbonyl (C=O) groups excluding carboxylic acids is 1. The standard InChI is InChI=1S/C16H16INO/c1-2-13(12-8-4-3-5-9-12)16(19)18-15-11-7-6-10-14(15)17/h3-11,13H,2H2,1H3,(H,18,19). The van der Waals surface area contributed by atoms with Crippen molar-refractivity contribution in [2.45, 2.75) is 19.3 Å². The van der Waals surface area contributed by atoms with E-state index in [-0.39, 0.29) is 11.8 Å². The molecule has 0 saturated heterocycles. The Bertz CT molecular complexity index is 554. The zero-order valence-corrected chi connectivity index (χ0v) is 12.9. The van der Waals surface area contributed by atoms with Crippen LogP contribution in [0.2, 0.25) is 0 Å². The Morgan fingerprint density at radius 3 is 2.37 bits per heavy atom. The lowest BCUT2D eigenvalue weighted by atomic mass is 9.95. The zero-order valence-electron chi connectivity index (χ0n) is 10.8. The van der Waals surface area contributed by atoms with E-state index in [1.165, 1.54) is 0 Å². The number of rotatable bonds is 4. The van der Waals surface area contributed by atoms with Crippen molar-refractivity contribution in [1.29, 1.82) is 0 Å². The Morgan fingerprint density at radius 2 is 1.74 bits per heavy atom. The van der Waals surface area contributed by atoms with Gasteiger partial charge in [0, 0.05) is 3.57 Å². The monoisotopic (exact) mass is 365 g/mol. The first-order valence-corrected chi connectivity index (χ1v) is 7.40. The van der Waals surface area contributed by atoms with Crippen LogP contribution in [-0.4, -0.2) is 5.91 Å². The molecule has 0 fully saturated rings. The van der Waals surface area contributed by atoms with Crippen LogP contribution in [0.3, 0.4) is 0 Å². The Kier molecular flexibility index (Phi) is 4.96. The maximum absolute atomic E-state index is 12.4. The minimum Gasteiger partial charge on any atom is -0.325 e. The summed E-state index contributed by atoms with van der Waals surface area (Å²) in [6.45, 7) is 2.03. The van der Waals surface area contributed by atoms with E-state index < -0.39 is 0 Å². The maximum atomic E-state index is 12.4. The van der Waals surface area contributed by atoms with Gasteiger partial charge in [0.2, 0.25) is 5.91 Å². The second kappa shape index (κ2) is 6.70. The summed E-state index contributed by atoms with van der Waals surface area (Å²) >= 11 is 2.23. The van der Waals surface area contributed by atoms with Gasteiger partial charge in [-0.3, -0.25) is 4.79 Å². The Morgan fingerprint density at radius 1 is 1.11 bits per heavy atom. The van der Waals surface area contributed by atoms with E-state index in [2.05, 4.69) is 27.9 Å². The molecule has 0 aliphatic heterocycles. The minimum absolute atomic E-state index is 0.0535. The highest BCUT2D eigenvalue weighted by atomic mass is 127. The number of hydrogen-bond donors (Lipinski definition) is 1. The molecular formula is C16H16INO. The Hall–Kier alpha value is -1.36. The molecule has 3 heteroatoms. The van der Waals surface area contributed by atoms with Gasteiger partial charge < -0.3 is 5.32 Å². The second-order valence-corrected chi connectivity index (χ2v) is 5.50. The molecule has 98 valence electrons. The van der Waals surface area contributed by atoms with Crippen LogP contribution in [0.5, 0.6) is 0 Å². The molecule has 2 aromatic carbocycles. The van der Waals surface area contributed by atoms with Crippen molar-refractivity contribution in [2.75, 3.05) is 5.32 Å². The first kappa shape index (κ1) is 14.1. The van der Waals surface area contributed by atoms with Crippen molar-refractivity contribution < 1.29 is 4.79 Å². The van der Waals surface area contributed by atoms with E-state index in [4.69, 9.17) is 0 Å². The van der Waals surface area contributed by atoms with Gasteiger partial charge in [0.25, 0.3) is 0 Å². The molecule has 2 aromatic rings. The van der Waals surface area contributed by atoms with Crippen molar-refractivity contribution in [3.8, 4) is 0 Å². The van der Waals surface area contributed by atoms with Crippen molar-refractivity contribution >= 4 is 34.2 Å². The van der Waals surface area contributed by atoms with E-state index in [0.29, 0.717) is 0 Å². The van der Waals surface area contributed by atoms with Gasteiger partial charge >= 0.3 is 0 Å². The second-order valence-electron chi connectivity index (χ2n) is 4.34. The highest BCUT2D eigenvalue weighted by Gasteiger charge is 2.18. The quantitative estimate of drug-likeness (QED) is 0.799. The van der Waals surface area contributed by atoms with Gasteiger partial charge in [-0.05, 0) is 46.7 Å². The van der Waals surface area contributed by atoms with Crippen LogP contribution in [0.15, 0.2) is 54.6 Å². The van der Waals surface area contributed by atoms with Crippen molar-refractivity contribution in [1.82, 2.24) is 0 Å². The summed E-state index contributed by atoms with van der Waals surface area (Å²) in [6.07, 6.45) is 0.791. The van der Waals surface area contributed by atoms with Gasteiger partial charge in [-0.1, -0.05) is 49.4 Å². The summed E-state index contributed by atoms with van der Waals surface area (Å²) in [5.41, 5.74) is 1.94. The number of benzene rings is 2. The average Bonchev–Trinajstić information content (AvgIpc) is 2.43. The fourth-order valence-corrected chi connectivity index (χ4v) is 2.56. The van der Waals surface area contributed by atoms with Gasteiger partial charge in [0.15, 0.2) is 0 Å². The summed E-state index contributed by atoms with van der Waals surface area (Å²) in [7, 11) is 0. The Labute approximate surface area is 127 Å². The predicted octanol–water partition coefficient (Wildman–Crippen LogP) is 4.42. The molecule has 1 unspecified atom stereocenters. The number of nitrogens with one attached hydrogen (secondary N) is 1. The zero-order chi connectivity index (χ0) is 13.7. The van der Waals surface area contributed by atoms with Gasteiger partial charge in [0.05, 0.1) is 11.6 Å². The van der Waals surface area contributed by atoms with E-state index >= 15 is 0 Å². The molecule has 0 aliphatic carbocycles. The molecule has 0 saturated carbocycles. The van der Waals surface area contributed by atoms with Crippen molar-refractivity contribution in [2.24, 2.45) is 0 Å². The van der Waals surface area contributed by atoms with E-state index in [1.54, 1.807) is 0 Å². The lowest BCUT2D eigenvalue weighted by molar-refractivity contribution is -0.117. The number of hydrogen-bond acceptors (Lipinski definition) is 1. The maximum Gasteiger partial charge on any atom is 0.231 e. The molecule has 1 N–H and O–H groups in total. The van der Waals surface area contributed by atoms with Crippen molar-refractivity contribution in [3.63, 3.8) is 0 Å². The van der Waals surface area contributed by atoms with Gasteiger partial charge in [-0.25, -0.2) is 0 Å². The SMILES string of the molecule is CCC(C(=O)Nc1ccccc1I)c1ccccc1. The molecule has 2 nitrogen and oxygen atoms in total.